The highest BCUT2D eigenvalue weighted by Crippen LogP contribution is 2.10. The number of benzene rings is 1. The fourth-order valence-corrected chi connectivity index (χ4v) is 2.66. The monoisotopic (exact) mass is 288 g/mol. The Morgan fingerprint density at radius 3 is 3.19 bits per heavy atom. The number of H-pyrrole nitrogens is 1. The van der Waals surface area contributed by atoms with Crippen LogP contribution in [0.25, 0.3) is 11.0 Å². The SMILES string of the molecule is CNCC1CN(Cc2nc3ccccc3[nH]c2=O)CCO1. The normalized spacial score (nSPS) is 20.0. The first-order valence-electron chi connectivity index (χ1n) is 7.23. The summed E-state index contributed by atoms with van der Waals surface area (Å²) < 4.78 is 5.68. The van der Waals surface area contributed by atoms with Gasteiger partial charge in [0.05, 0.1) is 23.7 Å². The number of nitrogens with zero attached hydrogens (tertiary/aromatic N) is 2. The van der Waals surface area contributed by atoms with Gasteiger partial charge in [0.15, 0.2) is 0 Å². The van der Waals surface area contributed by atoms with Gasteiger partial charge in [-0.2, -0.15) is 0 Å². The van der Waals surface area contributed by atoms with Gasteiger partial charge in [0.25, 0.3) is 5.56 Å². The molecule has 112 valence electrons. The Labute approximate surface area is 123 Å². The molecule has 1 atom stereocenters. The van der Waals surface area contributed by atoms with Crippen LogP contribution in [0.3, 0.4) is 0 Å². The van der Waals surface area contributed by atoms with Crippen LogP contribution in [0.1, 0.15) is 5.69 Å². The largest absolute Gasteiger partial charge is 0.374 e. The molecule has 0 saturated carbocycles. The summed E-state index contributed by atoms with van der Waals surface area (Å²) in [5.74, 6) is 0. The molecule has 2 aromatic rings. The molecule has 3 rings (SSSR count). The number of hydrogen-bond donors (Lipinski definition) is 2. The van der Waals surface area contributed by atoms with E-state index in [0.717, 1.165) is 30.7 Å². The molecule has 1 aromatic heterocycles. The third-order valence-corrected chi connectivity index (χ3v) is 3.70. The lowest BCUT2D eigenvalue weighted by Crippen LogP contribution is -2.46. The molecule has 1 aliphatic heterocycles. The first-order chi connectivity index (χ1) is 10.3. The Bertz CT molecular complexity index is 668. The van der Waals surface area contributed by atoms with Crippen molar-refractivity contribution in [3.8, 4) is 0 Å². The molecule has 1 unspecified atom stereocenters. The van der Waals surface area contributed by atoms with E-state index in [0.29, 0.717) is 18.8 Å². The number of hydrogen-bond acceptors (Lipinski definition) is 5. The molecular formula is C15H20N4O2. The summed E-state index contributed by atoms with van der Waals surface area (Å²) in [6.07, 6.45) is 0.170. The topological polar surface area (TPSA) is 70.2 Å². The van der Waals surface area contributed by atoms with Crippen LogP contribution in [-0.2, 0) is 11.3 Å². The van der Waals surface area contributed by atoms with Gasteiger partial charge in [-0.3, -0.25) is 9.69 Å². The van der Waals surface area contributed by atoms with E-state index in [1.54, 1.807) is 0 Å². The molecule has 2 N–H and O–H groups in total. The average molecular weight is 288 g/mol. The lowest BCUT2D eigenvalue weighted by atomic mass is 10.2. The summed E-state index contributed by atoms with van der Waals surface area (Å²) in [7, 11) is 1.91. The number of nitrogens with one attached hydrogen (secondary N) is 2. The van der Waals surface area contributed by atoms with Crippen molar-refractivity contribution >= 4 is 11.0 Å². The van der Waals surface area contributed by atoms with E-state index in [2.05, 4.69) is 20.2 Å². The molecule has 6 heteroatoms. The lowest BCUT2D eigenvalue weighted by molar-refractivity contribution is -0.0295. The van der Waals surface area contributed by atoms with E-state index >= 15 is 0 Å². The Hall–Kier alpha value is -1.76. The maximum Gasteiger partial charge on any atom is 0.271 e. The third kappa shape index (κ3) is 3.29. The minimum absolute atomic E-state index is 0.106. The minimum Gasteiger partial charge on any atom is -0.374 e. The summed E-state index contributed by atoms with van der Waals surface area (Å²) in [5.41, 5.74) is 2.07. The first kappa shape index (κ1) is 14.2. The zero-order chi connectivity index (χ0) is 14.7. The molecule has 0 amide bonds. The Kier molecular flexibility index (Phi) is 4.28. The molecule has 1 fully saturated rings. The molecule has 0 radical (unpaired) electrons. The van der Waals surface area contributed by atoms with Crippen molar-refractivity contribution < 1.29 is 4.74 Å². The number of aromatic nitrogens is 2. The predicted molar refractivity (Wildman–Crippen MR) is 81.3 cm³/mol. The number of morpholine rings is 1. The van der Waals surface area contributed by atoms with Crippen molar-refractivity contribution in [3.05, 3.63) is 40.3 Å². The van der Waals surface area contributed by atoms with Crippen molar-refractivity contribution in [3.63, 3.8) is 0 Å². The zero-order valence-corrected chi connectivity index (χ0v) is 12.1. The second-order valence-corrected chi connectivity index (χ2v) is 5.32. The molecule has 21 heavy (non-hydrogen) atoms. The van der Waals surface area contributed by atoms with Gasteiger partial charge >= 0.3 is 0 Å². The van der Waals surface area contributed by atoms with Gasteiger partial charge in [-0.25, -0.2) is 4.98 Å². The van der Waals surface area contributed by atoms with Gasteiger partial charge in [0.1, 0.15) is 5.69 Å². The third-order valence-electron chi connectivity index (χ3n) is 3.70. The van der Waals surface area contributed by atoms with Crippen molar-refractivity contribution in [2.75, 3.05) is 33.3 Å². The fraction of sp³-hybridized carbons (Fsp3) is 0.467. The molecule has 0 spiro atoms. The van der Waals surface area contributed by atoms with Crippen LogP contribution in [0.2, 0.25) is 0 Å². The Balaban J connectivity index is 1.78. The summed E-state index contributed by atoms with van der Waals surface area (Å²) in [4.78, 5) is 21.7. The summed E-state index contributed by atoms with van der Waals surface area (Å²) in [5, 5.41) is 3.12. The highest BCUT2D eigenvalue weighted by atomic mass is 16.5. The van der Waals surface area contributed by atoms with Crippen LogP contribution in [0, 0.1) is 0 Å². The van der Waals surface area contributed by atoms with Gasteiger partial charge in [-0.15, -0.1) is 0 Å². The van der Waals surface area contributed by atoms with E-state index in [4.69, 9.17) is 4.74 Å². The van der Waals surface area contributed by atoms with E-state index in [9.17, 15) is 4.79 Å². The van der Waals surface area contributed by atoms with Crippen molar-refractivity contribution in [1.29, 1.82) is 0 Å². The molecule has 1 aliphatic rings. The lowest BCUT2D eigenvalue weighted by Gasteiger charge is -2.32. The highest BCUT2D eigenvalue weighted by Gasteiger charge is 2.21. The molecule has 1 aromatic carbocycles. The maximum absolute atomic E-state index is 12.1. The van der Waals surface area contributed by atoms with Crippen LogP contribution in [0.4, 0.5) is 0 Å². The van der Waals surface area contributed by atoms with Gasteiger partial charge < -0.3 is 15.0 Å². The van der Waals surface area contributed by atoms with Gasteiger partial charge in [0, 0.05) is 26.2 Å². The molecule has 0 aliphatic carbocycles. The quantitative estimate of drug-likeness (QED) is 0.849. The predicted octanol–water partition coefficient (Wildman–Crippen LogP) is 0.343. The second kappa shape index (κ2) is 6.34. The number of para-hydroxylation sites is 2. The molecule has 1 saturated heterocycles. The molecule has 0 bridgehead atoms. The van der Waals surface area contributed by atoms with E-state index in [1.165, 1.54) is 0 Å². The highest BCUT2D eigenvalue weighted by molar-refractivity contribution is 5.73. The van der Waals surface area contributed by atoms with E-state index in [1.807, 2.05) is 31.3 Å². The molecule has 6 nitrogen and oxygen atoms in total. The Morgan fingerprint density at radius 1 is 1.48 bits per heavy atom. The van der Waals surface area contributed by atoms with Gasteiger partial charge in [-0.05, 0) is 19.2 Å². The fourth-order valence-electron chi connectivity index (χ4n) is 2.66. The zero-order valence-electron chi connectivity index (χ0n) is 12.1. The number of fused-ring (bicyclic) bond motifs is 1. The second-order valence-electron chi connectivity index (χ2n) is 5.32. The standard InChI is InChI=1S/C15H20N4O2/c1-16-8-11-9-19(6-7-21-11)10-14-15(20)18-13-5-3-2-4-12(13)17-14/h2-5,11,16H,6-10H2,1H3,(H,18,20). The maximum atomic E-state index is 12.1. The van der Waals surface area contributed by atoms with E-state index < -0.39 is 0 Å². The van der Waals surface area contributed by atoms with Crippen molar-refractivity contribution in [2.45, 2.75) is 12.6 Å². The average Bonchev–Trinajstić information content (AvgIpc) is 2.49. The van der Waals surface area contributed by atoms with Crippen LogP contribution in [0.15, 0.2) is 29.1 Å². The number of ether oxygens (including phenoxy) is 1. The van der Waals surface area contributed by atoms with Gasteiger partial charge in [0.2, 0.25) is 0 Å². The van der Waals surface area contributed by atoms with Crippen molar-refractivity contribution in [2.24, 2.45) is 0 Å². The van der Waals surface area contributed by atoms with Crippen LogP contribution in [-0.4, -0.2) is 54.3 Å². The summed E-state index contributed by atoms with van der Waals surface area (Å²) in [6, 6.07) is 7.60. The number of likely N-dealkylation sites (N-methyl/N-ethyl adjacent to an activating group) is 1. The molecule has 2 heterocycles. The smallest absolute Gasteiger partial charge is 0.271 e. The summed E-state index contributed by atoms with van der Waals surface area (Å²) >= 11 is 0. The van der Waals surface area contributed by atoms with Crippen LogP contribution in [0.5, 0.6) is 0 Å². The minimum atomic E-state index is -0.106. The van der Waals surface area contributed by atoms with E-state index in [-0.39, 0.29) is 11.7 Å². The van der Waals surface area contributed by atoms with Crippen LogP contribution >= 0.6 is 0 Å². The molecular weight excluding hydrogens is 268 g/mol. The van der Waals surface area contributed by atoms with Gasteiger partial charge in [-0.1, -0.05) is 12.1 Å². The number of aromatic amines is 1. The summed E-state index contributed by atoms with van der Waals surface area (Å²) in [6.45, 7) is 3.71. The Morgan fingerprint density at radius 2 is 2.33 bits per heavy atom. The number of rotatable bonds is 4. The first-order valence-corrected chi connectivity index (χ1v) is 7.23. The van der Waals surface area contributed by atoms with Crippen LogP contribution < -0.4 is 10.9 Å². The van der Waals surface area contributed by atoms with Crippen molar-refractivity contribution in [1.82, 2.24) is 20.2 Å².